The maximum absolute atomic E-state index is 4.63. The van der Waals surface area contributed by atoms with Crippen LogP contribution < -0.4 is 5.32 Å². The minimum atomic E-state index is 0.175. The maximum atomic E-state index is 4.63. The molecule has 0 spiro atoms. The van der Waals surface area contributed by atoms with Gasteiger partial charge in [-0.1, -0.05) is 46.8 Å². The van der Waals surface area contributed by atoms with E-state index in [2.05, 4.69) is 81.8 Å². The number of nitrogens with one attached hydrogen (secondary N) is 2. The van der Waals surface area contributed by atoms with Crippen LogP contribution in [0.5, 0.6) is 0 Å². The molecule has 1 saturated heterocycles. The van der Waals surface area contributed by atoms with Crippen molar-refractivity contribution in [1.29, 1.82) is 0 Å². The zero-order valence-electron chi connectivity index (χ0n) is 26.8. The fraction of sp³-hybridized carbons (Fsp3) is 0.861. The first-order valence-electron chi connectivity index (χ1n) is 17.0. The van der Waals surface area contributed by atoms with Crippen LogP contribution in [0.15, 0.2) is 18.3 Å². The van der Waals surface area contributed by atoms with Crippen LogP contribution in [0.2, 0.25) is 0 Å². The fourth-order valence-corrected chi connectivity index (χ4v) is 13.3. The number of H-pyrrole nitrogens is 1. The molecule has 4 nitrogen and oxygen atoms in total. The second kappa shape index (κ2) is 8.94. The molecule has 40 heavy (non-hydrogen) atoms. The molecule has 6 aliphatic rings. The lowest BCUT2D eigenvalue weighted by Crippen LogP contribution is -2.69. The van der Waals surface area contributed by atoms with Gasteiger partial charge in [0.2, 0.25) is 0 Å². The van der Waals surface area contributed by atoms with Gasteiger partial charge in [-0.3, -0.25) is 5.10 Å². The van der Waals surface area contributed by atoms with Gasteiger partial charge in [-0.15, -0.1) is 0 Å². The number of hydrogen-bond donors (Lipinski definition) is 2. The lowest BCUT2D eigenvalue weighted by atomic mass is 9.33. The second-order valence-corrected chi connectivity index (χ2v) is 17.2. The molecule has 5 aliphatic carbocycles. The summed E-state index contributed by atoms with van der Waals surface area (Å²) in [5.74, 6) is 3.79. The van der Waals surface area contributed by atoms with Crippen molar-refractivity contribution in [2.75, 3.05) is 20.1 Å². The van der Waals surface area contributed by atoms with Crippen LogP contribution in [0.25, 0.3) is 0 Å². The van der Waals surface area contributed by atoms with Crippen molar-refractivity contribution >= 4 is 0 Å². The number of piperidine rings is 1. The zero-order chi connectivity index (χ0) is 28.3. The third-order valence-electron chi connectivity index (χ3n) is 15.3. The Morgan fingerprint density at radius 2 is 1.68 bits per heavy atom. The molecule has 0 bridgehead atoms. The molecule has 7 rings (SSSR count). The summed E-state index contributed by atoms with van der Waals surface area (Å²) in [4.78, 5) is 2.52. The Morgan fingerprint density at radius 3 is 2.40 bits per heavy atom. The Kier molecular flexibility index (Phi) is 6.19. The smallest absolute Gasteiger partial charge is 0.0522 e. The number of aromatic amines is 1. The van der Waals surface area contributed by atoms with E-state index in [4.69, 9.17) is 0 Å². The van der Waals surface area contributed by atoms with E-state index >= 15 is 0 Å². The minimum Gasteiger partial charge on any atom is -0.308 e. The van der Waals surface area contributed by atoms with Gasteiger partial charge in [0.1, 0.15) is 0 Å². The number of fused-ring (bicyclic) bond motifs is 8. The van der Waals surface area contributed by atoms with Crippen molar-refractivity contribution in [3.8, 4) is 0 Å². The van der Waals surface area contributed by atoms with Crippen molar-refractivity contribution in [3.05, 3.63) is 29.6 Å². The molecule has 4 heteroatoms. The van der Waals surface area contributed by atoms with Gasteiger partial charge in [0, 0.05) is 22.7 Å². The van der Waals surface area contributed by atoms with Crippen LogP contribution in [0.4, 0.5) is 0 Å². The Labute approximate surface area is 244 Å². The molecule has 222 valence electrons. The molecule has 0 amide bonds. The van der Waals surface area contributed by atoms with Crippen LogP contribution >= 0.6 is 0 Å². The van der Waals surface area contributed by atoms with Crippen molar-refractivity contribution in [2.45, 2.75) is 129 Å². The molecule has 1 aromatic heterocycles. The summed E-state index contributed by atoms with van der Waals surface area (Å²) in [6, 6.07) is 0.696. The Morgan fingerprint density at radius 1 is 0.925 bits per heavy atom. The van der Waals surface area contributed by atoms with Crippen LogP contribution in [0.3, 0.4) is 0 Å². The van der Waals surface area contributed by atoms with E-state index < -0.39 is 0 Å². The number of hydrogen-bond acceptors (Lipinski definition) is 3. The number of aromatic nitrogens is 2. The molecular weight excluding hydrogens is 488 g/mol. The van der Waals surface area contributed by atoms with E-state index in [1.165, 1.54) is 101 Å². The quantitative estimate of drug-likeness (QED) is 0.386. The number of nitrogens with zero attached hydrogens (tertiary/aromatic N) is 2. The molecule has 2 N–H and O–H groups in total. The maximum Gasteiger partial charge on any atom is 0.0522 e. The highest BCUT2D eigenvalue weighted by molar-refractivity contribution is 5.34. The largest absolute Gasteiger partial charge is 0.308 e. The fourth-order valence-electron chi connectivity index (χ4n) is 13.3. The van der Waals surface area contributed by atoms with E-state index in [0.717, 1.165) is 23.7 Å². The van der Waals surface area contributed by atoms with Crippen LogP contribution in [-0.2, 0) is 11.8 Å². The lowest BCUT2D eigenvalue weighted by Gasteiger charge is -2.72. The molecule has 0 radical (unpaired) electrons. The second-order valence-electron chi connectivity index (χ2n) is 17.2. The third-order valence-corrected chi connectivity index (χ3v) is 15.3. The minimum absolute atomic E-state index is 0.175. The standard InChI is InChI=1S/C36H58N4/c1-23(2)26-11-16-36(38-25-13-19-40(8)20-14-25)18-17-34(6)27(30(26)36)9-10-29-33(5)21-24-22-37-39-31(24)32(3,4)28(33)12-15-35(29,34)7/h22,25-30,38H,1,9-21H2,2-8H3,(H,37,39)/t26-,27+,28-,29+,30+,33-,34+,35+,36-/m0/s1. The van der Waals surface area contributed by atoms with E-state index in [9.17, 15) is 0 Å². The monoisotopic (exact) mass is 546 g/mol. The first kappa shape index (κ1) is 27.7. The molecule has 0 unspecified atom stereocenters. The lowest BCUT2D eigenvalue weighted by molar-refractivity contribution is -0.220. The Bertz CT molecular complexity index is 1160. The third kappa shape index (κ3) is 3.53. The molecule has 0 aromatic carbocycles. The topological polar surface area (TPSA) is 44.0 Å². The van der Waals surface area contributed by atoms with E-state index in [0.29, 0.717) is 33.7 Å². The van der Waals surface area contributed by atoms with Gasteiger partial charge in [-0.05, 0) is 149 Å². The molecule has 9 atom stereocenters. The van der Waals surface area contributed by atoms with Crippen LogP contribution in [0.1, 0.15) is 117 Å². The van der Waals surface area contributed by atoms with Crippen molar-refractivity contribution < 1.29 is 0 Å². The normalized spacial score (nSPS) is 48.4. The highest BCUT2D eigenvalue weighted by Gasteiger charge is 2.71. The van der Waals surface area contributed by atoms with Gasteiger partial charge in [0.05, 0.1) is 6.20 Å². The first-order valence-corrected chi connectivity index (χ1v) is 17.0. The average molecular weight is 547 g/mol. The van der Waals surface area contributed by atoms with Gasteiger partial charge in [-0.25, -0.2) is 0 Å². The summed E-state index contributed by atoms with van der Waals surface area (Å²) in [6.07, 6.45) is 17.1. The first-order chi connectivity index (χ1) is 18.9. The van der Waals surface area contributed by atoms with Gasteiger partial charge in [0.25, 0.3) is 0 Å². The molecule has 4 saturated carbocycles. The number of allylic oxidation sites excluding steroid dienone is 1. The predicted molar refractivity (Wildman–Crippen MR) is 165 cm³/mol. The SMILES string of the molecule is C=C(C)[C@@H]1CC[C@]2(NC3CCN(C)CC3)CC[C@]3(C)[C@H](CC[C@@H]4[C@@]5(C)Cc6cn[nH]c6C(C)(C)[C@@H]5CC[C@]43C)[C@@H]12. The molecule has 1 aliphatic heterocycles. The number of rotatable bonds is 3. The summed E-state index contributed by atoms with van der Waals surface area (Å²) in [6.45, 7) is 22.8. The summed E-state index contributed by atoms with van der Waals surface area (Å²) >= 11 is 0. The van der Waals surface area contributed by atoms with E-state index in [1.807, 2.05) is 0 Å². The summed E-state index contributed by atoms with van der Waals surface area (Å²) < 4.78 is 0. The molecule has 5 fully saturated rings. The highest BCUT2D eigenvalue weighted by atomic mass is 15.1. The Hall–Kier alpha value is -1.13. The average Bonchev–Trinajstić information content (AvgIpc) is 3.51. The van der Waals surface area contributed by atoms with E-state index in [1.54, 1.807) is 0 Å². The summed E-state index contributed by atoms with van der Waals surface area (Å²) in [7, 11) is 2.30. The molecule has 2 heterocycles. The van der Waals surface area contributed by atoms with Gasteiger partial charge >= 0.3 is 0 Å². The molecular formula is C36H58N4. The summed E-state index contributed by atoms with van der Waals surface area (Å²) in [5, 5.41) is 12.5. The summed E-state index contributed by atoms with van der Waals surface area (Å²) in [5.41, 5.74) is 6.06. The van der Waals surface area contributed by atoms with Crippen molar-refractivity contribution in [2.24, 2.45) is 45.8 Å². The van der Waals surface area contributed by atoms with Crippen molar-refractivity contribution in [1.82, 2.24) is 20.4 Å². The molecule has 1 aromatic rings. The Balaban J connectivity index is 1.24. The van der Waals surface area contributed by atoms with E-state index in [-0.39, 0.29) is 5.41 Å². The van der Waals surface area contributed by atoms with Gasteiger partial charge in [-0.2, -0.15) is 5.10 Å². The van der Waals surface area contributed by atoms with Crippen LogP contribution in [-0.4, -0.2) is 46.8 Å². The zero-order valence-corrected chi connectivity index (χ0v) is 26.8. The van der Waals surface area contributed by atoms with Gasteiger partial charge < -0.3 is 10.2 Å². The van der Waals surface area contributed by atoms with Gasteiger partial charge in [0.15, 0.2) is 0 Å². The number of likely N-dealkylation sites (tertiary alicyclic amines) is 1. The van der Waals surface area contributed by atoms with Crippen molar-refractivity contribution in [3.63, 3.8) is 0 Å². The predicted octanol–water partition coefficient (Wildman–Crippen LogP) is 7.52. The van der Waals surface area contributed by atoms with Crippen LogP contribution in [0, 0.1) is 45.8 Å². The highest BCUT2D eigenvalue weighted by Crippen LogP contribution is 2.76.